The molecule has 0 atom stereocenters. The zero-order chi connectivity index (χ0) is 10.3. The van der Waals surface area contributed by atoms with E-state index in [0.29, 0.717) is 0 Å². The van der Waals surface area contributed by atoms with Crippen molar-refractivity contribution in [3.05, 3.63) is 22.7 Å². The van der Waals surface area contributed by atoms with Gasteiger partial charge in [-0.2, -0.15) is 26.3 Å². The van der Waals surface area contributed by atoms with Gasteiger partial charge in [0, 0.05) is 0 Å². The molecule has 0 aromatic carbocycles. The van der Waals surface area contributed by atoms with Crippen molar-refractivity contribution in [2.75, 3.05) is 0 Å². The van der Waals surface area contributed by atoms with E-state index in [1.54, 1.807) is 0 Å². The standard InChI is InChI=1S/2C2ClF3/c2*3-1(4)2(5)6. The average Bonchev–Trinajstić information content (AvgIpc) is 1.88. The topological polar surface area (TPSA) is 0 Å². The smallest absolute Gasteiger partial charge is 0.188 e. The maximum Gasteiger partial charge on any atom is 0.317 e. The summed E-state index contributed by atoms with van der Waals surface area (Å²) in [6.07, 6.45) is -4.95. The van der Waals surface area contributed by atoms with Gasteiger partial charge in [0.15, 0.2) is 0 Å². The van der Waals surface area contributed by atoms with Crippen LogP contribution in [0.25, 0.3) is 0 Å². The highest BCUT2D eigenvalue weighted by Gasteiger charge is 1.96. The second kappa shape index (κ2) is 7.30. The van der Waals surface area contributed by atoms with Crippen LogP contribution in [0.15, 0.2) is 22.7 Å². The van der Waals surface area contributed by atoms with E-state index < -0.39 is 22.7 Å². The number of rotatable bonds is 0. The normalized spacial score (nSPS) is 8.00. The van der Waals surface area contributed by atoms with Gasteiger partial charge < -0.3 is 0 Å². The van der Waals surface area contributed by atoms with Crippen LogP contribution in [0, 0.1) is 0 Å². The highest BCUT2D eigenvalue weighted by Crippen LogP contribution is 2.12. The molecule has 0 amide bonds. The van der Waals surface area contributed by atoms with Crippen LogP contribution in [-0.4, -0.2) is 0 Å². The van der Waals surface area contributed by atoms with E-state index in [0.717, 1.165) is 0 Å². The molecule has 0 radical (unpaired) electrons. The van der Waals surface area contributed by atoms with Crippen LogP contribution in [0.2, 0.25) is 0 Å². The Balaban J connectivity index is 0. The van der Waals surface area contributed by atoms with Crippen LogP contribution in [0.5, 0.6) is 0 Å². The molecular weight excluding hydrogens is 233 g/mol. The predicted octanol–water partition coefficient (Wildman–Crippen LogP) is 4.52. The van der Waals surface area contributed by atoms with Gasteiger partial charge in [0.1, 0.15) is 0 Å². The minimum absolute atomic E-state index is 1.94. The Kier molecular flexibility index (Phi) is 8.62. The number of halogens is 8. The summed E-state index contributed by atoms with van der Waals surface area (Å²) in [7, 11) is 0. The molecule has 8 heteroatoms. The van der Waals surface area contributed by atoms with Crippen LogP contribution in [0.3, 0.4) is 0 Å². The van der Waals surface area contributed by atoms with Crippen molar-refractivity contribution < 1.29 is 26.3 Å². The van der Waals surface area contributed by atoms with Crippen molar-refractivity contribution in [1.82, 2.24) is 0 Å². The average molecular weight is 233 g/mol. The minimum atomic E-state index is -2.48. The minimum Gasteiger partial charge on any atom is -0.188 e. The predicted molar refractivity (Wildman–Crippen MR) is 32.4 cm³/mol. The molecule has 0 spiro atoms. The van der Waals surface area contributed by atoms with Gasteiger partial charge in [-0.3, -0.25) is 0 Å². The van der Waals surface area contributed by atoms with E-state index in [1.165, 1.54) is 0 Å². The highest BCUT2D eigenvalue weighted by atomic mass is 35.5. The Hall–Kier alpha value is -0.360. The molecule has 72 valence electrons. The summed E-state index contributed by atoms with van der Waals surface area (Å²) in [6.45, 7) is 0. The lowest BCUT2D eigenvalue weighted by Crippen LogP contribution is -1.54. The fourth-order valence-electron chi connectivity index (χ4n) is 0. The molecule has 12 heavy (non-hydrogen) atoms. The lowest BCUT2D eigenvalue weighted by atomic mass is 11.1. The Morgan fingerprint density at radius 3 is 0.667 bits per heavy atom. The SMILES string of the molecule is FC(F)=C(F)Cl.FC(F)=C(F)Cl. The molecule has 0 aromatic rings. The molecule has 0 aromatic heterocycles. The van der Waals surface area contributed by atoms with Crippen LogP contribution in [0.4, 0.5) is 26.3 Å². The summed E-state index contributed by atoms with van der Waals surface area (Å²) < 4.78 is 63.6. The van der Waals surface area contributed by atoms with Gasteiger partial charge in [-0.15, -0.1) is 0 Å². The number of hydrogen-bond acceptors (Lipinski definition) is 0. The van der Waals surface area contributed by atoms with E-state index in [4.69, 9.17) is 0 Å². The Morgan fingerprint density at radius 2 is 0.667 bits per heavy atom. The van der Waals surface area contributed by atoms with Gasteiger partial charge in [-0.1, -0.05) is 0 Å². The highest BCUT2D eigenvalue weighted by molar-refractivity contribution is 6.28. The molecule has 0 saturated carbocycles. The van der Waals surface area contributed by atoms with Crippen molar-refractivity contribution in [2.45, 2.75) is 0 Å². The molecule has 0 aliphatic heterocycles. The first-order valence-electron chi connectivity index (χ1n) is 2.01. The summed E-state index contributed by atoms with van der Waals surface area (Å²) in [5.74, 6) is 0. The van der Waals surface area contributed by atoms with Crippen LogP contribution < -0.4 is 0 Å². The molecule has 0 saturated heterocycles. The second-order valence-electron chi connectivity index (χ2n) is 1.04. The first kappa shape index (κ1) is 14.2. The Morgan fingerprint density at radius 1 is 0.583 bits per heavy atom. The van der Waals surface area contributed by atoms with Gasteiger partial charge >= 0.3 is 12.2 Å². The third-order valence-corrected chi connectivity index (χ3v) is 0.571. The third-order valence-electron chi connectivity index (χ3n) is 0.286. The molecule has 0 heterocycles. The summed E-state index contributed by atoms with van der Waals surface area (Å²) in [4.78, 5) is 0. The fraction of sp³-hybridized carbons (Fsp3) is 0. The van der Waals surface area contributed by atoms with Crippen molar-refractivity contribution >= 4 is 23.2 Å². The fourth-order valence-corrected chi connectivity index (χ4v) is 0. The Bertz CT molecular complexity index is 140. The van der Waals surface area contributed by atoms with Gasteiger partial charge in [-0.05, 0) is 23.2 Å². The van der Waals surface area contributed by atoms with E-state index >= 15 is 0 Å². The third kappa shape index (κ3) is 12.3. The van der Waals surface area contributed by atoms with E-state index in [2.05, 4.69) is 23.2 Å². The second-order valence-corrected chi connectivity index (χ2v) is 1.71. The van der Waals surface area contributed by atoms with E-state index in [-0.39, 0.29) is 0 Å². The van der Waals surface area contributed by atoms with Crippen molar-refractivity contribution in [3.63, 3.8) is 0 Å². The zero-order valence-corrected chi connectivity index (χ0v) is 6.54. The summed E-state index contributed by atoms with van der Waals surface area (Å²) in [5, 5.41) is -3.87. The van der Waals surface area contributed by atoms with Crippen molar-refractivity contribution in [1.29, 1.82) is 0 Å². The summed E-state index contributed by atoms with van der Waals surface area (Å²) in [6, 6.07) is 0. The molecule has 0 fully saturated rings. The van der Waals surface area contributed by atoms with Crippen molar-refractivity contribution in [2.24, 2.45) is 0 Å². The lowest BCUT2D eigenvalue weighted by Gasteiger charge is -1.70. The molecule has 0 nitrogen and oxygen atoms in total. The first-order valence-corrected chi connectivity index (χ1v) is 2.77. The van der Waals surface area contributed by atoms with Crippen LogP contribution in [0.1, 0.15) is 0 Å². The molecule has 0 aliphatic carbocycles. The van der Waals surface area contributed by atoms with E-state index in [9.17, 15) is 26.3 Å². The molecule has 0 N–H and O–H groups in total. The molecular formula is C4Cl2F6. The quantitative estimate of drug-likeness (QED) is 0.539. The summed E-state index contributed by atoms with van der Waals surface area (Å²) in [5.41, 5.74) is 0. The molecule has 0 unspecified atom stereocenters. The van der Waals surface area contributed by atoms with Crippen molar-refractivity contribution in [3.8, 4) is 0 Å². The molecule has 0 bridgehead atoms. The zero-order valence-electron chi connectivity index (χ0n) is 5.02. The lowest BCUT2D eigenvalue weighted by molar-refractivity contribution is 0.393. The van der Waals surface area contributed by atoms with Gasteiger partial charge in [-0.25, -0.2) is 0 Å². The van der Waals surface area contributed by atoms with Gasteiger partial charge in [0.25, 0.3) is 10.6 Å². The monoisotopic (exact) mass is 232 g/mol. The van der Waals surface area contributed by atoms with Crippen LogP contribution in [-0.2, 0) is 0 Å². The largest absolute Gasteiger partial charge is 0.317 e. The van der Waals surface area contributed by atoms with Crippen LogP contribution >= 0.6 is 23.2 Å². The maximum absolute atomic E-state index is 10.7. The van der Waals surface area contributed by atoms with Gasteiger partial charge in [0.2, 0.25) is 0 Å². The number of hydrogen-bond donors (Lipinski definition) is 0. The molecule has 0 rings (SSSR count). The maximum atomic E-state index is 10.7. The van der Waals surface area contributed by atoms with E-state index in [1.807, 2.05) is 0 Å². The van der Waals surface area contributed by atoms with Gasteiger partial charge in [0.05, 0.1) is 0 Å². The first-order chi connectivity index (χ1) is 5.29. The summed E-state index contributed by atoms with van der Waals surface area (Å²) >= 11 is 8.15. The Labute approximate surface area is 73.1 Å². The molecule has 0 aliphatic rings.